The van der Waals surface area contributed by atoms with Gasteiger partial charge in [-0.2, -0.15) is 0 Å². The normalized spacial score (nSPS) is 13.0. The number of pyridine rings is 1. The fraction of sp³-hybridized carbons (Fsp3) is 0.375. The number of nitrogens with zero attached hydrogens (tertiary/aromatic N) is 1. The van der Waals surface area contributed by atoms with Gasteiger partial charge in [-0.3, -0.25) is 4.98 Å². The molecule has 1 N–H and O–H groups in total. The van der Waals surface area contributed by atoms with Crippen molar-refractivity contribution < 1.29 is 9.50 Å². The van der Waals surface area contributed by atoms with E-state index in [0.717, 1.165) is 6.20 Å². The van der Waals surface area contributed by atoms with Crippen LogP contribution >= 0.6 is 0 Å². The molecule has 0 saturated carbocycles. The van der Waals surface area contributed by atoms with E-state index in [1.54, 1.807) is 0 Å². The maximum absolute atomic E-state index is 12.3. The molecule has 0 aliphatic carbocycles. The molecule has 1 aromatic heterocycles. The average Bonchev–Trinajstić information content (AvgIpc) is 2.05. The van der Waals surface area contributed by atoms with E-state index in [4.69, 9.17) is 0 Å². The number of halogens is 1. The maximum Gasteiger partial charge on any atom is 0.141 e. The molecule has 0 fully saturated rings. The first-order valence-corrected chi connectivity index (χ1v) is 3.53. The van der Waals surface area contributed by atoms with Crippen LogP contribution in [0.4, 0.5) is 4.39 Å². The highest BCUT2D eigenvalue weighted by atomic mass is 19.1. The lowest BCUT2D eigenvalue weighted by atomic mass is 10.2. The zero-order valence-corrected chi connectivity index (χ0v) is 6.29. The molecular formula is C8H10FNO. The fourth-order valence-corrected chi connectivity index (χ4v) is 0.794. The van der Waals surface area contributed by atoms with Crippen LogP contribution < -0.4 is 0 Å². The predicted molar refractivity (Wildman–Crippen MR) is 39.4 cm³/mol. The van der Waals surface area contributed by atoms with E-state index < -0.39 is 6.10 Å². The standard InChI is InChI=1S/C8H10FNO/c1-2-8(11)7-4-3-6(9)5-10-7/h3-5,8,11H,2H2,1H3/t8-/m0/s1. The third-order valence-corrected chi connectivity index (χ3v) is 1.48. The summed E-state index contributed by atoms with van der Waals surface area (Å²) in [4.78, 5) is 3.72. The van der Waals surface area contributed by atoms with Gasteiger partial charge in [-0.05, 0) is 18.6 Å². The highest BCUT2D eigenvalue weighted by Crippen LogP contribution is 2.12. The van der Waals surface area contributed by atoms with Crippen LogP contribution in [0.2, 0.25) is 0 Å². The van der Waals surface area contributed by atoms with E-state index in [-0.39, 0.29) is 5.82 Å². The molecule has 0 amide bonds. The van der Waals surface area contributed by atoms with Crippen molar-refractivity contribution in [2.45, 2.75) is 19.4 Å². The van der Waals surface area contributed by atoms with Crippen molar-refractivity contribution in [1.29, 1.82) is 0 Å². The number of hydrogen-bond donors (Lipinski definition) is 1. The van der Waals surface area contributed by atoms with Gasteiger partial charge < -0.3 is 5.11 Å². The van der Waals surface area contributed by atoms with Gasteiger partial charge >= 0.3 is 0 Å². The van der Waals surface area contributed by atoms with Crippen molar-refractivity contribution in [3.8, 4) is 0 Å². The largest absolute Gasteiger partial charge is 0.387 e. The minimum absolute atomic E-state index is 0.378. The predicted octanol–water partition coefficient (Wildman–Crippen LogP) is 1.66. The number of aromatic nitrogens is 1. The lowest BCUT2D eigenvalue weighted by Crippen LogP contribution is -1.98. The Balaban J connectivity index is 2.81. The van der Waals surface area contributed by atoms with Crippen molar-refractivity contribution in [1.82, 2.24) is 4.98 Å². The molecule has 3 heteroatoms. The van der Waals surface area contributed by atoms with Crippen LogP contribution in [0.5, 0.6) is 0 Å². The van der Waals surface area contributed by atoms with Gasteiger partial charge in [-0.1, -0.05) is 6.92 Å². The summed E-state index contributed by atoms with van der Waals surface area (Å²) in [7, 11) is 0. The zero-order valence-electron chi connectivity index (χ0n) is 6.29. The summed E-state index contributed by atoms with van der Waals surface area (Å²) in [5.41, 5.74) is 0.522. The molecule has 0 radical (unpaired) electrons. The molecule has 11 heavy (non-hydrogen) atoms. The van der Waals surface area contributed by atoms with Gasteiger partial charge in [0.2, 0.25) is 0 Å². The van der Waals surface area contributed by atoms with Crippen molar-refractivity contribution in [2.24, 2.45) is 0 Å². The molecule has 0 spiro atoms. The molecule has 0 aliphatic rings. The fourth-order valence-electron chi connectivity index (χ4n) is 0.794. The summed E-state index contributed by atoms with van der Waals surface area (Å²) in [6.07, 6.45) is 1.13. The Hall–Kier alpha value is -0.960. The van der Waals surface area contributed by atoms with Crippen LogP contribution in [0.25, 0.3) is 0 Å². The van der Waals surface area contributed by atoms with E-state index in [2.05, 4.69) is 4.98 Å². The molecule has 1 rings (SSSR count). The second-order valence-electron chi connectivity index (χ2n) is 2.33. The highest BCUT2D eigenvalue weighted by Gasteiger charge is 2.04. The van der Waals surface area contributed by atoms with Crippen LogP contribution in [0.15, 0.2) is 18.3 Å². The van der Waals surface area contributed by atoms with Gasteiger partial charge in [-0.15, -0.1) is 0 Å². The Morgan fingerprint density at radius 1 is 1.64 bits per heavy atom. The molecule has 1 aromatic rings. The SMILES string of the molecule is CC[C@H](O)c1ccc(F)cn1. The summed E-state index contributed by atoms with van der Waals surface area (Å²) in [6.45, 7) is 1.84. The first-order valence-electron chi connectivity index (χ1n) is 3.53. The zero-order chi connectivity index (χ0) is 8.27. The van der Waals surface area contributed by atoms with Crippen molar-refractivity contribution in [3.05, 3.63) is 29.8 Å². The maximum atomic E-state index is 12.3. The number of rotatable bonds is 2. The molecule has 0 aliphatic heterocycles. The molecule has 60 valence electrons. The lowest BCUT2D eigenvalue weighted by Gasteiger charge is -2.04. The quantitative estimate of drug-likeness (QED) is 0.704. The minimum Gasteiger partial charge on any atom is -0.387 e. The monoisotopic (exact) mass is 155 g/mol. The van der Waals surface area contributed by atoms with E-state index in [1.165, 1.54) is 12.1 Å². The van der Waals surface area contributed by atoms with Gasteiger partial charge in [0.05, 0.1) is 18.0 Å². The van der Waals surface area contributed by atoms with Crippen LogP contribution in [-0.4, -0.2) is 10.1 Å². The third kappa shape index (κ3) is 1.98. The number of aliphatic hydroxyl groups excluding tert-OH is 1. The number of aliphatic hydroxyl groups is 1. The highest BCUT2D eigenvalue weighted by molar-refractivity contribution is 5.07. The van der Waals surface area contributed by atoms with Gasteiger partial charge in [-0.25, -0.2) is 4.39 Å². The van der Waals surface area contributed by atoms with Gasteiger partial charge in [0.25, 0.3) is 0 Å². The van der Waals surface area contributed by atoms with Crippen molar-refractivity contribution in [3.63, 3.8) is 0 Å². The summed E-state index contributed by atoms with van der Waals surface area (Å²) in [5, 5.41) is 9.24. The lowest BCUT2D eigenvalue weighted by molar-refractivity contribution is 0.168. The van der Waals surface area contributed by atoms with Gasteiger partial charge in [0.1, 0.15) is 5.82 Å². The second kappa shape index (κ2) is 3.44. The Kier molecular flexibility index (Phi) is 2.54. The summed E-state index contributed by atoms with van der Waals surface area (Å²) in [5.74, 6) is -0.378. The first-order chi connectivity index (χ1) is 5.24. The van der Waals surface area contributed by atoms with Gasteiger partial charge in [0, 0.05) is 0 Å². The first kappa shape index (κ1) is 8.14. The molecule has 0 unspecified atom stereocenters. The van der Waals surface area contributed by atoms with E-state index in [1.807, 2.05) is 6.92 Å². The van der Waals surface area contributed by atoms with Gasteiger partial charge in [0.15, 0.2) is 0 Å². The molecule has 0 saturated heterocycles. The molecule has 0 bridgehead atoms. The van der Waals surface area contributed by atoms with E-state index in [0.29, 0.717) is 12.1 Å². The Morgan fingerprint density at radius 3 is 2.82 bits per heavy atom. The molecular weight excluding hydrogens is 145 g/mol. The average molecular weight is 155 g/mol. The minimum atomic E-state index is -0.574. The van der Waals surface area contributed by atoms with Crippen LogP contribution in [0.3, 0.4) is 0 Å². The Bertz CT molecular complexity index is 222. The Morgan fingerprint density at radius 2 is 2.36 bits per heavy atom. The van der Waals surface area contributed by atoms with Crippen molar-refractivity contribution in [2.75, 3.05) is 0 Å². The molecule has 2 nitrogen and oxygen atoms in total. The third-order valence-electron chi connectivity index (χ3n) is 1.48. The smallest absolute Gasteiger partial charge is 0.141 e. The topological polar surface area (TPSA) is 33.1 Å². The summed E-state index contributed by atoms with van der Waals surface area (Å²) < 4.78 is 12.3. The summed E-state index contributed by atoms with van der Waals surface area (Å²) in [6, 6.07) is 2.78. The van der Waals surface area contributed by atoms with E-state index >= 15 is 0 Å². The van der Waals surface area contributed by atoms with Crippen molar-refractivity contribution >= 4 is 0 Å². The number of hydrogen-bond acceptors (Lipinski definition) is 2. The van der Waals surface area contributed by atoms with Crippen LogP contribution in [0, 0.1) is 5.82 Å². The second-order valence-corrected chi connectivity index (χ2v) is 2.33. The molecule has 1 atom stereocenters. The van der Waals surface area contributed by atoms with E-state index in [9.17, 15) is 9.50 Å². The van der Waals surface area contributed by atoms with Crippen LogP contribution in [-0.2, 0) is 0 Å². The summed E-state index contributed by atoms with van der Waals surface area (Å²) >= 11 is 0. The van der Waals surface area contributed by atoms with Crippen LogP contribution in [0.1, 0.15) is 25.1 Å². The Labute approximate surface area is 64.7 Å². The molecule has 1 heterocycles. The molecule has 0 aromatic carbocycles.